The van der Waals surface area contributed by atoms with Crippen LogP contribution in [0.2, 0.25) is 0 Å². The zero-order chi connectivity index (χ0) is 22.0. The standard InChI is InChI=1S/C19H24F3N5O2S.HI/c1-13-16(30-12-27-13)17(28)24-7-8-25-18(23-2)26-9-14-3-5-15(6-4-14)10-29-11-19(20,21)22;/h3-6,12H,7-11H2,1-2H3,(H,24,28)(H2,23,25,26);1H. The summed E-state index contributed by atoms with van der Waals surface area (Å²) in [5.74, 6) is 0.412. The Balaban J connectivity index is 0.00000480. The van der Waals surface area contributed by atoms with Crippen molar-refractivity contribution in [3.63, 3.8) is 0 Å². The maximum absolute atomic E-state index is 12.1. The molecule has 2 aromatic rings. The first-order valence-corrected chi connectivity index (χ1v) is 10.0. The van der Waals surface area contributed by atoms with E-state index >= 15 is 0 Å². The molecule has 31 heavy (non-hydrogen) atoms. The number of guanidine groups is 1. The molecule has 1 amide bonds. The van der Waals surface area contributed by atoms with Gasteiger partial charge in [0.2, 0.25) is 0 Å². The van der Waals surface area contributed by atoms with Crippen molar-refractivity contribution in [3.8, 4) is 0 Å². The van der Waals surface area contributed by atoms with Gasteiger partial charge >= 0.3 is 6.18 Å². The summed E-state index contributed by atoms with van der Waals surface area (Å²) in [6, 6.07) is 7.06. The first kappa shape index (κ1) is 27.1. The number of hydrogen-bond donors (Lipinski definition) is 3. The molecule has 0 saturated carbocycles. The number of carbonyl (C=O) groups is 1. The molecule has 0 unspecified atom stereocenters. The van der Waals surface area contributed by atoms with Gasteiger partial charge in [0.1, 0.15) is 11.5 Å². The van der Waals surface area contributed by atoms with E-state index in [1.165, 1.54) is 11.3 Å². The molecule has 1 heterocycles. The van der Waals surface area contributed by atoms with E-state index in [1.807, 2.05) is 12.1 Å². The number of ether oxygens (including phenoxy) is 1. The van der Waals surface area contributed by atoms with Crippen LogP contribution in [-0.2, 0) is 17.9 Å². The molecule has 0 aliphatic carbocycles. The van der Waals surface area contributed by atoms with E-state index in [9.17, 15) is 18.0 Å². The maximum atomic E-state index is 12.1. The molecule has 172 valence electrons. The zero-order valence-electron chi connectivity index (χ0n) is 17.1. The molecule has 2 rings (SSSR count). The number of carbonyl (C=O) groups excluding carboxylic acids is 1. The molecule has 0 bridgehead atoms. The maximum Gasteiger partial charge on any atom is 0.411 e. The second kappa shape index (κ2) is 13.5. The molecule has 0 fully saturated rings. The third-order valence-corrected chi connectivity index (χ3v) is 4.82. The number of thiazole rings is 1. The van der Waals surface area contributed by atoms with Gasteiger partial charge in [0, 0.05) is 26.7 Å². The largest absolute Gasteiger partial charge is 0.411 e. The lowest BCUT2D eigenvalue weighted by Crippen LogP contribution is -2.41. The highest BCUT2D eigenvalue weighted by molar-refractivity contribution is 14.0. The minimum Gasteiger partial charge on any atom is -0.367 e. The normalized spacial score (nSPS) is 11.6. The van der Waals surface area contributed by atoms with E-state index in [0.29, 0.717) is 41.7 Å². The van der Waals surface area contributed by atoms with Gasteiger partial charge < -0.3 is 20.7 Å². The molecule has 0 atom stereocenters. The van der Waals surface area contributed by atoms with Crippen LogP contribution in [0, 0.1) is 6.92 Å². The predicted molar refractivity (Wildman–Crippen MR) is 125 cm³/mol. The monoisotopic (exact) mass is 571 g/mol. The van der Waals surface area contributed by atoms with Gasteiger partial charge in [-0.2, -0.15) is 13.2 Å². The van der Waals surface area contributed by atoms with Crippen molar-refractivity contribution < 1.29 is 22.7 Å². The number of halogens is 4. The second-order valence-electron chi connectivity index (χ2n) is 6.30. The fourth-order valence-corrected chi connectivity index (χ4v) is 3.12. The molecule has 0 aliphatic rings. The number of hydrogen-bond acceptors (Lipinski definition) is 5. The van der Waals surface area contributed by atoms with Crippen LogP contribution >= 0.6 is 35.3 Å². The third kappa shape index (κ3) is 10.3. The van der Waals surface area contributed by atoms with Crippen LogP contribution < -0.4 is 16.0 Å². The van der Waals surface area contributed by atoms with Crippen molar-refractivity contribution in [2.75, 3.05) is 26.7 Å². The fourth-order valence-electron chi connectivity index (χ4n) is 2.40. The number of benzene rings is 1. The number of aromatic nitrogens is 1. The highest BCUT2D eigenvalue weighted by Gasteiger charge is 2.27. The summed E-state index contributed by atoms with van der Waals surface area (Å²) in [5, 5.41) is 9.04. The Labute approximate surface area is 199 Å². The first-order valence-electron chi connectivity index (χ1n) is 9.13. The molecular weight excluding hydrogens is 546 g/mol. The third-order valence-electron chi connectivity index (χ3n) is 3.90. The zero-order valence-corrected chi connectivity index (χ0v) is 20.2. The number of aliphatic imine (C=N–C) groups is 1. The summed E-state index contributed by atoms with van der Waals surface area (Å²) in [5.41, 5.74) is 3.95. The molecule has 0 saturated heterocycles. The molecule has 1 aromatic heterocycles. The summed E-state index contributed by atoms with van der Waals surface area (Å²) in [6.07, 6.45) is -4.32. The van der Waals surface area contributed by atoms with Crippen LogP contribution in [-0.4, -0.2) is 49.8 Å². The summed E-state index contributed by atoms with van der Waals surface area (Å²) in [6.45, 7) is 1.82. The molecule has 0 aliphatic heterocycles. The predicted octanol–water partition coefficient (Wildman–Crippen LogP) is 3.24. The van der Waals surface area contributed by atoms with Crippen molar-refractivity contribution >= 4 is 47.2 Å². The first-order chi connectivity index (χ1) is 14.3. The topological polar surface area (TPSA) is 87.6 Å². The van der Waals surface area contributed by atoms with Crippen LogP contribution in [0.15, 0.2) is 34.8 Å². The molecular formula is C19H25F3IN5O2S. The van der Waals surface area contributed by atoms with E-state index in [0.717, 1.165) is 5.56 Å². The number of aryl methyl sites for hydroxylation is 1. The molecule has 7 nitrogen and oxygen atoms in total. The van der Waals surface area contributed by atoms with Crippen molar-refractivity contribution in [1.82, 2.24) is 20.9 Å². The van der Waals surface area contributed by atoms with E-state index in [1.54, 1.807) is 31.6 Å². The minimum absolute atomic E-state index is 0. The number of rotatable bonds is 9. The average molecular weight is 571 g/mol. The summed E-state index contributed by atoms with van der Waals surface area (Å²) in [7, 11) is 1.63. The summed E-state index contributed by atoms with van der Waals surface area (Å²) < 4.78 is 40.9. The van der Waals surface area contributed by atoms with E-state index in [2.05, 4.69) is 30.7 Å². The van der Waals surface area contributed by atoms with Gasteiger partial charge in [-0.15, -0.1) is 35.3 Å². The highest BCUT2D eigenvalue weighted by Crippen LogP contribution is 2.16. The Hall–Kier alpha value is -1.93. The Morgan fingerprint density at radius 1 is 1.13 bits per heavy atom. The van der Waals surface area contributed by atoms with Crippen LogP contribution in [0.25, 0.3) is 0 Å². The van der Waals surface area contributed by atoms with E-state index in [4.69, 9.17) is 0 Å². The van der Waals surface area contributed by atoms with Gasteiger partial charge in [0.25, 0.3) is 5.91 Å². The Morgan fingerprint density at radius 2 is 1.77 bits per heavy atom. The van der Waals surface area contributed by atoms with Gasteiger partial charge in [0.05, 0.1) is 17.8 Å². The lowest BCUT2D eigenvalue weighted by molar-refractivity contribution is -0.176. The van der Waals surface area contributed by atoms with Gasteiger partial charge in [-0.25, -0.2) is 4.98 Å². The molecule has 3 N–H and O–H groups in total. The van der Waals surface area contributed by atoms with Crippen LogP contribution in [0.4, 0.5) is 13.2 Å². The quantitative estimate of drug-likeness (QED) is 0.186. The van der Waals surface area contributed by atoms with Crippen LogP contribution in [0.3, 0.4) is 0 Å². The lowest BCUT2D eigenvalue weighted by Gasteiger charge is -2.13. The smallest absolute Gasteiger partial charge is 0.367 e. The molecule has 1 aromatic carbocycles. The average Bonchev–Trinajstić information content (AvgIpc) is 3.13. The Morgan fingerprint density at radius 3 is 2.35 bits per heavy atom. The molecule has 0 radical (unpaired) electrons. The van der Waals surface area contributed by atoms with E-state index in [-0.39, 0.29) is 36.5 Å². The van der Waals surface area contributed by atoms with Crippen molar-refractivity contribution in [2.45, 2.75) is 26.3 Å². The van der Waals surface area contributed by atoms with E-state index < -0.39 is 12.8 Å². The number of nitrogens with zero attached hydrogens (tertiary/aromatic N) is 2. The van der Waals surface area contributed by atoms with Crippen LogP contribution in [0.5, 0.6) is 0 Å². The van der Waals surface area contributed by atoms with Gasteiger partial charge in [-0.3, -0.25) is 9.79 Å². The van der Waals surface area contributed by atoms with Gasteiger partial charge in [0.15, 0.2) is 5.96 Å². The van der Waals surface area contributed by atoms with Crippen molar-refractivity contribution in [2.24, 2.45) is 4.99 Å². The molecule has 12 heteroatoms. The Bertz CT molecular complexity index is 844. The van der Waals surface area contributed by atoms with Crippen molar-refractivity contribution in [3.05, 3.63) is 51.5 Å². The summed E-state index contributed by atoms with van der Waals surface area (Å²) in [4.78, 5) is 20.8. The number of alkyl halides is 3. The minimum atomic E-state index is -4.32. The Kier molecular flexibility index (Phi) is 11.8. The SMILES string of the molecule is CN=C(NCCNC(=O)c1scnc1C)NCc1ccc(COCC(F)(F)F)cc1.I. The number of amides is 1. The highest BCUT2D eigenvalue weighted by atomic mass is 127. The second-order valence-corrected chi connectivity index (χ2v) is 7.15. The van der Waals surface area contributed by atoms with Gasteiger partial charge in [-0.05, 0) is 18.1 Å². The van der Waals surface area contributed by atoms with Crippen molar-refractivity contribution in [1.29, 1.82) is 0 Å². The van der Waals surface area contributed by atoms with Crippen LogP contribution in [0.1, 0.15) is 26.5 Å². The fraction of sp³-hybridized carbons (Fsp3) is 0.421. The lowest BCUT2D eigenvalue weighted by atomic mass is 10.1. The van der Waals surface area contributed by atoms with Gasteiger partial charge in [-0.1, -0.05) is 24.3 Å². The molecule has 0 spiro atoms. The number of nitrogens with one attached hydrogen (secondary N) is 3. The summed E-state index contributed by atoms with van der Waals surface area (Å²) >= 11 is 1.30.